The van der Waals surface area contributed by atoms with Crippen LogP contribution in [0, 0.1) is 0 Å². The Labute approximate surface area is 117 Å². The van der Waals surface area contributed by atoms with Gasteiger partial charge in [-0.05, 0) is 47.8 Å². The van der Waals surface area contributed by atoms with E-state index in [-0.39, 0.29) is 5.54 Å². The van der Waals surface area contributed by atoms with Gasteiger partial charge in [0.05, 0.1) is 0 Å². The van der Waals surface area contributed by atoms with Gasteiger partial charge in [-0.3, -0.25) is 0 Å². The molecule has 0 aliphatic heterocycles. The molecule has 1 aromatic carbocycles. The summed E-state index contributed by atoms with van der Waals surface area (Å²) in [6, 6.07) is 5.96. The molecular formula is C13H19BrN2S. The van der Waals surface area contributed by atoms with Crippen molar-refractivity contribution in [2.75, 3.05) is 5.32 Å². The minimum Gasteiger partial charge on any atom is -0.389 e. The predicted octanol–water partition coefficient (Wildman–Crippen LogP) is 4.07. The van der Waals surface area contributed by atoms with Crippen LogP contribution in [0.2, 0.25) is 0 Å². The van der Waals surface area contributed by atoms with Crippen LogP contribution >= 0.6 is 28.1 Å². The second-order valence-electron chi connectivity index (χ2n) is 4.42. The SMILES string of the molecule is CCC(C)(CC)Nc1cccc(Br)c1C(N)=S. The summed E-state index contributed by atoms with van der Waals surface area (Å²) < 4.78 is 0.935. The van der Waals surface area contributed by atoms with Crippen molar-refractivity contribution in [1.29, 1.82) is 0 Å². The van der Waals surface area contributed by atoms with Crippen LogP contribution in [0.3, 0.4) is 0 Å². The van der Waals surface area contributed by atoms with Gasteiger partial charge in [0.1, 0.15) is 4.99 Å². The van der Waals surface area contributed by atoms with Crippen molar-refractivity contribution in [2.24, 2.45) is 5.73 Å². The number of halogens is 1. The summed E-state index contributed by atoms with van der Waals surface area (Å²) in [5.41, 5.74) is 7.73. The molecule has 17 heavy (non-hydrogen) atoms. The van der Waals surface area contributed by atoms with Gasteiger partial charge in [-0.15, -0.1) is 0 Å². The summed E-state index contributed by atoms with van der Waals surface area (Å²) in [5, 5.41) is 3.55. The molecule has 0 unspecified atom stereocenters. The number of hydrogen-bond acceptors (Lipinski definition) is 2. The molecule has 94 valence electrons. The molecular weight excluding hydrogens is 296 g/mol. The van der Waals surface area contributed by atoms with Crippen LogP contribution < -0.4 is 11.1 Å². The van der Waals surface area contributed by atoms with Gasteiger partial charge in [0.15, 0.2) is 0 Å². The van der Waals surface area contributed by atoms with Gasteiger partial charge in [-0.1, -0.05) is 32.1 Å². The van der Waals surface area contributed by atoms with E-state index >= 15 is 0 Å². The van der Waals surface area contributed by atoms with Crippen LogP contribution in [0.15, 0.2) is 22.7 Å². The molecule has 1 rings (SSSR count). The Morgan fingerprint density at radius 2 is 2.00 bits per heavy atom. The lowest BCUT2D eigenvalue weighted by atomic mass is 9.94. The van der Waals surface area contributed by atoms with E-state index in [4.69, 9.17) is 18.0 Å². The highest BCUT2D eigenvalue weighted by molar-refractivity contribution is 9.10. The first-order chi connectivity index (χ1) is 7.93. The summed E-state index contributed by atoms with van der Waals surface area (Å²) in [6.45, 7) is 6.56. The zero-order valence-corrected chi connectivity index (χ0v) is 12.9. The second kappa shape index (κ2) is 5.83. The lowest BCUT2D eigenvalue weighted by Gasteiger charge is -2.30. The molecule has 0 amide bonds. The first-order valence-electron chi connectivity index (χ1n) is 5.80. The van der Waals surface area contributed by atoms with Gasteiger partial charge in [-0.25, -0.2) is 0 Å². The first kappa shape index (κ1) is 14.5. The smallest absolute Gasteiger partial charge is 0.107 e. The summed E-state index contributed by atoms with van der Waals surface area (Å²) in [4.78, 5) is 0.412. The molecule has 0 aromatic heterocycles. The van der Waals surface area contributed by atoms with Crippen LogP contribution in [0.5, 0.6) is 0 Å². The van der Waals surface area contributed by atoms with E-state index in [0.717, 1.165) is 28.6 Å². The molecule has 0 saturated heterocycles. The fourth-order valence-corrected chi connectivity index (χ4v) is 2.56. The number of nitrogens with two attached hydrogens (primary N) is 1. The van der Waals surface area contributed by atoms with Crippen molar-refractivity contribution in [3.63, 3.8) is 0 Å². The summed E-state index contributed by atoms with van der Waals surface area (Å²) >= 11 is 8.60. The van der Waals surface area contributed by atoms with Gasteiger partial charge in [-0.2, -0.15) is 0 Å². The summed E-state index contributed by atoms with van der Waals surface area (Å²) in [6.07, 6.45) is 2.10. The molecule has 0 fully saturated rings. The van der Waals surface area contributed by atoms with Crippen LogP contribution in [0.1, 0.15) is 39.2 Å². The quantitative estimate of drug-likeness (QED) is 0.804. The maximum Gasteiger partial charge on any atom is 0.107 e. The highest BCUT2D eigenvalue weighted by atomic mass is 79.9. The van der Waals surface area contributed by atoms with Gasteiger partial charge in [0.2, 0.25) is 0 Å². The maximum absolute atomic E-state index is 5.78. The first-order valence-corrected chi connectivity index (χ1v) is 7.00. The monoisotopic (exact) mass is 314 g/mol. The largest absolute Gasteiger partial charge is 0.389 e. The molecule has 0 aliphatic rings. The Morgan fingerprint density at radius 1 is 1.41 bits per heavy atom. The molecule has 4 heteroatoms. The van der Waals surface area contributed by atoms with E-state index in [1.807, 2.05) is 18.2 Å². The fraction of sp³-hybridized carbons (Fsp3) is 0.462. The molecule has 0 radical (unpaired) electrons. The molecule has 1 aromatic rings. The third-order valence-corrected chi connectivity index (χ3v) is 4.12. The Bertz CT molecular complexity index is 414. The van der Waals surface area contributed by atoms with Crippen LogP contribution in [0.4, 0.5) is 5.69 Å². The van der Waals surface area contributed by atoms with E-state index in [1.165, 1.54) is 0 Å². The molecule has 0 aliphatic carbocycles. The maximum atomic E-state index is 5.78. The number of rotatable bonds is 5. The third kappa shape index (κ3) is 3.42. The van der Waals surface area contributed by atoms with E-state index in [0.29, 0.717) is 4.99 Å². The van der Waals surface area contributed by atoms with E-state index in [9.17, 15) is 0 Å². The Morgan fingerprint density at radius 3 is 2.47 bits per heavy atom. The minimum atomic E-state index is 0.0698. The van der Waals surface area contributed by atoms with Crippen LogP contribution in [0.25, 0.3) is 0 Å². The Balaban J connectivity index is 3.15. The standard InChI is InChI=1S/C13H19BrN2S/c1-4-13(3,5-2)16-10-8-6-7-9(14)11(10)12(15)17/h6-8,16H,4-5H2,1-3H3,(H2,15,17). The number of anilines is 1. The number of nitrogens with one attached hydrogen (secondary N) is 1. The molecule has 0 saturated carbocycles. The normalized spacial score (nSPS) is 11.3. The van der Waals surface area contributed by atoms with Gasteiger partial charge in [0, 0.05) is 21.3 Å². The van der Waals surface area contributed by atoms with Gasteiger partial charge < -0.3 is 11.1 Å². The molecule has 2 nitrogen and oxygen atoms in total. The Hall–Kier alpha value is -0.610. The van der Waals surface area contributed by atoms with Crippen molar-refractivity contribution in [2.45, 2.75) is 39.2 Å². The highest BCUT2D eigenvalue weighted by Gasteiger charge is 2.21. The van der Waals surface area contributed by atoms with E-state index in [1.54, 1.807) is 0 Å². The van der Waals surface area contributed by atoms with Crippen molar-refractivity contribution >= 4 is 38.8 Å². The number of thiocarbonyl (C=S) groups is 1. The van der Waals surface area contributed by atoms with Gasteiger partial charge in [0.25, 0.3) is 0 Å². The highest BCUT2D eigenvalue weighted by Crippen LogP contribution is 2.29. The predicted molar refractivity (Wildman–Crippen MR) is 82.6 cm³/mol. The third-order valence-electron chi connectivity index (χ3n) is 3.26. The van der Waals surface area contributed by atoms with Crippen LogP contribution in [-0.4, -0.2) is 10.5 Å². The average molecular weight is 315 g/mol. The molecule has 0 heterocycles. The molecule has 0 atom stereocenters. The summed E-state index contributed by atoms with van der Waals surface area (Å²) in [7, 11) is 0. The Kier molecular flexibility index (Phi) is 4.95. The number of hydrogen-bond donors (Lipinski definition) is 2. The second-order valence-corrected chi connectivity index (χ2v) is 5.71. The lowest BCUT2D eigenvalue weighted by Crippen LogP contribution is -2.34. The van der Waals surface area contributed by atoms with Crippen LogP contribution in [-0.2, 0) is 0 Å². The topological polar surface area (TPSA) is 38.0 Å². The number of benzene rings is 1. The minimum absolute atomic E-state index is 0.0698. The molecule has 0 spiro atoms. The summed E-state index contributed by atoms with van der Waals surface area (Å²) in [5.74, 6) is 0. The molecule has 3 N–H and O–H groups in total. The van der Waals surface area contributed by atoms with E-state index < -0.39 is 0 Å². The van der Waals surface area contributed by atoms with Gasteiger partial charge >= 0.3 is 0 Å². The lowest BCUT2D eigenvalue weighted by molar-refractivity contribution is 0.478. The zero-order valence-electron chi connectivity index (χ0n) is 10.5. The van der Waals surface area contributed by atoms with Crippen molar-refractivity contribution in [3.05, 3.63) is 28.2 Å². The average Bonchev–Trinajstić information content (AvgIpc) is 2.28. The van der Waals surface area contributed by atoms with E-state index in [2.05, 4.69) is 42.0 Å². The fourth-order valence-electron chi connectivity index (χ4n) is 1.63. The molecule has 0 bridgehead atoms. The zero-order chi connectivity index (χ0) is 13.1. The van der Waals surface area contributed by atoms with Crippen molar-refractivity contribution in [1.82, 2.24) is 0 Å². The van der Waals surface area contributed by atoms with Crippen molar-refractivity contribution < 1.29 is 0 Å². The van der Waals surface area contributed by atoms with Crippen molar-refractivity contribution in [3.8, 4) is 0 Å².